The molecule has 4 rings (SSSR count). The first-order valence-corrected chi connectivity index (χ1v) is 9.10. The number of benzene rings is 2. The summed E-state index contributed by atoms with van der Waals surface area (Å²) in [4.78, 5) is 21.2. The van der Waals surface area contributed by atoms with Gasteiger partial charge >= 0.3 is 0 Å². The van der Waals surface area contributed by atoms with Crippen molar-refractivity contribution in [2.45, 2.75) is 0 Å². The number of rotatable bonds is 4. The Morgan fingerprint density at radius 2 is 1.88 bits per heavy atom. The molecule has 1 fully saturated rings. The minimum Gasteiger partial charge on any atom is -0.378 e. The molecule has 128 valence electrons. The lowest BCUT2D eigenvalue weighted by Crippen LogP contribution is -2.52. The topological polar surface area (TPSA) is 48.5 Å². The number of carbonyl (C=O) groups excluding carboxylic acids is 1. The molecule has 0 radical (unpaired) electrons. The van der Waals surface area contributed by atoms with Crippen LogP contribution in [0.25, 0.3) is 10.2 Å². The summed E-state index contributed by atoms with van der Waals surface area (Å²) in [5.74, 6) is 0.0931. The molecule has 3 aromatic rings. The molecule has 0 atom stereocenters. The van der Waals surface area contributed by atoms with E-state index < -0.39 is 0 Å². The lowest BCUT2D eigenvalue weighted by atomic mass is 10.00. The van der Waals surface area contributed by atoms with Crippen LogP contribution in [0.4, 0.5) is 16.5 Å². The van der Waals surface area contributed by atoms with Crippen LogP contribution < -0.4 is 15.1 Å². The molecule has 0 unspecified atom stereocenters. The number of amides is 1. The monoisotopic (exact) mass is 352 g/mol. The largest absolute Gasteiger partial charge is 0.378 e. The van der Waals surface area contributed by atoms with Crippen LogP contribution in [0.3, 0.4) is 0 Å². The zero-order valence-corrected chi connectivity index (χ0v) is 15.1. The highest BCUT2D eigenvalue weighted by Crippen LogP contribution is 2.33. The van der Waals surface area contributed by atoms with E-state index >= 15 is 0 Å². The van der Waals surface area contributed by atoms with Gasteiger partial charge in [-0.2, -0.15) is 0 Å². The van der Waals surface area contributed by atoms with Crippen molar-refractivity contribution in [3.05, 3.63) is 48.5 Å². The van der Waals surface area contributed by atoms with E-state index in [0.29, 0.717) is 0 Å². The summed E-state index contributed by atoms with van der Waals surface area (Å²) in [6, 6.07) is 16.0. The Hall–Kier alpha value is -2.60. The molecule has 1 aromatic heterocycles. The second-order valence-electron chi connectivity index (χ2n) is 6.50. The summed E-state index contributed by atoms with van der Waals surface area (Å²) < 4.78 is 1.19. The van der Waals surface area contributed by atoms with Gasteiger partial charge in [-0.25, -0.2) is 4.98 Å². The molecule has 0 saturated carbocycles. The molecular formula is C19H20N4OS. The number of carbonyl (C=O) groups is 1. The fraction of sp³-hybridized carbons (Fsp3) is 0.263. The Labute approximate surface area is 150 Å². The highest BCUT2D eigenvalue weighted by Gasteiger charge is 2.34. The Kier molecular flexibility index (Phi) is 4.05. The van der Waals surface area contributed by atoms with Crippen LogP contribution in [0.15, 0.2) is 48.5 Å². The average Bonchev–Trinajstić information content (AvgIpc) is 2.97. The maximum Gasteiger partial charge on any atom is 0.231 e. The van der Waals surface area contributed by atoms with Crippen LogP contribution in [0.2, 0.25) is 0 Å². The summed E-state index contributed by atoms with van der Waals surface area (Å²) in [5, 5.41) is 4.01. The number of nitrogens with zero attached hydrogens (tertiary/aromatic N) is 3. The standard InChI is InChI=1S/C19H20N4OS/c1-22(2)15-9-7-14(8-10-15)20-18(24)13-11-23(12-13)19-21-16-5-3-4-6-17(16)25-19/h3-10,13H,11-12H2,1-2H3,(H,20,24). The van der Waals surface area contributed by atoms with Gasteiger partial charge in [0, 0.05) is 38.6 Å². The third-order valence-electron chi connectivity index (χ3n) is 4.46. The summed E-state index contributed by atoms with van der Waals surface area (Å²) in [7, 11) is 4.00. The van der Waals surface area contributed by atoms with Crippen LogP contribution in [-0.4, -0.2) is 38.1 Å². The number of anilines is 3. The van der Waals surface area contributed by atoms with Gasteiger partial charge in [-0.05, 0) is 36.4 Å². The van der Waals surface area contributed by atoms with Crippen LogP contribution in [0, 0.1) is 5.92 Å². The summed E-state index contributed by atoms with van der Waals surface area (Å²) >= 11 is 1.68. The third kappa shape index (κ3) is 3.17. The van der Waals surface area contributed by atoms with Gasteiger partial charge in [-0.15, -0.1) is 0 Å². The number of aromatic nitrogens is 1. The van der Waals surface area contributed by atoms with Gasteiger partial charge in [0.05, 0.1) is 16.1 Å². The van der Waals surface area contributed by atoms with Gasteiger partial charge in [0.2, 0.25) is 5.91 Å². The van der Waals surface area contributed by atoms with E-state index in [1.54, 1.807) is 11.3 Å². The molecule has 1 aliphatic heterocycles. The molecule has 0 bridgehead atoms. The minimum atomic E-state index is 0.0144. The SMILES string of the molecule is CN(C)c1ccc(NC(=O)C2CN(c3nc4ccccc4s3)C2)cc1. The number of hydrogen-bond acceptors (Lipinski definition) is 5. The Bertz CT molecular complexity index is 864. The van der Waals surface area contributed by atoms with Crippen molar-refractivity contribution < 1.29 is 4.79 Å². The predicted molar refractivity (Wildman–Crippen MR) is 105 cm³/mol. The smallest absolute Gasteiger partial charge is 0.231 e. The highest BCUT2D eigenvalue weighted by atomic mass is 32.1. The first kappa shape index (κ1) is 15.9. The maximum absolute atomic E-state index is 12.4. The number of thiazole rings is 1. The van der Waals surface area contributed by atoms with Crippen LogP contribution in [0.1, 0.15) is 0 Å². The van der Waals surface area contributed by atoms with Crippen LogP contribution in [-0.2, 0) is 4.79 Å². The van der Waals surface area contributed by atoms with Crippen molar-refractivity contribution in [2.24, 2.45) is 5.92 Å². The van der Waals surface area contributed by atoms with E-state index in [2.05, 4.69) is 21.3 Å². The summed E-state index contributed by atoms with van der Waals surface area (Å²) in [6.45, 7) is 1.45. The Morgan fingerprint density at radius 1 is 1.16 bits per heavy atom. The van der Waals surface area contributed by atoms with Crippen molar-refractivity contribution >= 4 is 44.0 Å². The van der Waals surface area contributed by atoms with Gasteiger partial charge in [0.25, 0.3) is 0 Å². The normalized spacial score (nSPS) is 14.4. The fourth-order valence-electron chi connectivity index (χ4n) is 2.88. The first-order chi connectivity index (χ1) is 12.1. The summed E-state index contributed by atoms with van der Waals surface area (Å²) in [5.41, 5.74) is 2.98. The van der Waals surface area contributed by atoms with Gasteiger partial charge in [0.1, 0.15) is 0 Å². The molecule has 1 saturated heterocycles. The Balaban J connectivity index is 1.35. The molecule has 1 N–H and O–H groups in total. The first-order valence-electron chi connectivity index (χ1n) is 8.29. The average molecular weight is 352 g/mol. The molecule has 1 aliphatic rings. The van der Waals surface area contributed by atoms with E-state index in [4.69, 9.17) is 0 Å². The second kappa shape index (κ2) is 6.37. The molecular weight excluding hydrogens is 332 g/mol. The molecule has 6 heteroatoms. The van der Waals surface area contributed by atoms with E-state index in [0.717, 1.165) is 35.1 Å². The van der Waals surface area contributed by atoms with E-state index in [1.807, 2.05) is 61.5 Å². The lowest BCUT2D eigenvalue weighted by molar-refractivity contribution is -0.120. The van der Waals surface area contributed by atoms with Crippen molar-refractivity contribution in [2.75, 3.05) is 42.3 Å². The Morgan fingerprint density at radius 3 is 2.56 bits per heavy atom. The van der Waals surface area contributed by atoms with Gasteiger partial charge in [0.15, 0.2) is 5.13 Å². The molecule has 1 amide bonds. The van der Waals surface area contributed by atoms with Crippen molar-refractivity contribution in [3.63, 3.8) is 0 Å². The third-order valence-corrected chi connectivity index (χ3v) is 5.55. The van der Waals surface area contributed by atoms with Gasteiger partial charge in [-0.1, -0.05) is 23.5 Å². The van der Waals surface area contributed by atoms with E-state index in [1.165, 1.54) is 4.70 Å². The second-order valence-corrected chi connectivity index (χ2v) is 7.51. The minimum absolute atomic E-state index is 0.0144. The fourth-order valence-corrected chi connectivity index (χ4v) is 3.87. The summed E-state index contributed by atoms with van der Waals surface area (Å²) in [6.07, 6.45) is 0. The van der Waals surface area contributed by atoms with Crippen molar-refractivity contribution in [1.82, 2.24) is 4.98 Å². The van der Waals surface area contributed by atoms with Crippen molar-refractivity contribution in [3.8, 4) is 0 Å². The molecule has 0 aliphatic carbocycles. The molecule has 25 heavy (non-hydrogen) atoms. The number of fused-ring (bicyclic) bond motifs is 1. The zero-order chi connectivity index (χ0) is 17.4. The van der Waals surface area contributed by atoms with Gasteiger partial charge in [-0.3, -0.25) is 4.79 Å². The van der Waals surface area contributed by atoms with Crippen LogP contribution in [0.5, 0.6) is 0 Å². The number of nitrogens with one attached hydrogen (secondary N) is 1. The molecule has 2 aromatic carbocycles. The van der Waals surface area contributed by atoms with E-state index in [-0.39, 0.29) is 11.8 Å². The lowest BCUT2D eigenvalue weighted by Gasteiger charge is -2.37. The predicted octanol–water partition coefficient (Wildman–Crippen LogP) is 3.44. The van der Waals surface area contributed by atoms with Gasteiger partial charge < -0.3 is 15.1 Å². The maximum atomic E-state index is 12.4. The van der Waals surface area contributed by atoms with Crippen molar-refractivity contribution in [1.29, 1.82) is 0 Å². The van der Waals surface area contributed by atoms with Crippen LogP contribution >= 0.6 is 11.3 Å². The number of para-hydroxylation sites is 1. The zero-order valence-electron chi connectivity index (χ0n) is 14.3. The quantitative estimate of drug-likeness (QED) is 0.781. The highest BCUT2D eigenvalue weighted by molar-refractivity contribution is 7.22. The van der Waals surface area contributed by atoms with E-state index in [9.17, 15) is 4.79 Å². The molecule has 5 nitrogen and oxygen atoms in total. The molecule has 2 heterocycles. The molecule has 0 spiro atoms. The number of hydrogen-bond donors (Lipinski definition) is 1.